The molecule has 2 saturated heterocycles. The summed E-state index contributed by atoms with van der Waals surface area (Å²) >= 11 is 0. The number of hydrogen-bond acceptors (Lipinski definition) is 5. The van der Waals surface area contributed by atoms with Crippen LogP contribution in [0.4, 0.5) is 0 Å². The highest BCUT2D eigenvalue weighted by Crippen LogP contribution is 2.33. The van der Waals surface area contributed by atoms with E-state index >= 15 is 0 Å². The van der Waals surface area contributed by atoms with Crippen molar-refractivity contribution in [1.29, 1.82) is 0 Å². The fourth-order valence-corrected chi connectivity index (χ4v) is 8.05. The molecule has 208 valence electrons. The number of methoxy groups -OCH3 is 1. The van der Waals surface area contributed by atoms with Gasteiger partial charge in [0.25, 0.3) is 0 Å². The number of benzene rings is 2. The van der Waals surface area contributed by atoms with Crippen molar-refractivity contribution in [3.05, 3.63) is 59.8 Å². The van der Waals surface area contributed by atoms with Crippen LogP contribution in [0.1, 0.15) is 43.4 Å². The molecule has 9 heteroatoms. The molecule has 1 aromatic heterocycles. The monoisotopic (exact) mass is 550 g/mol. The Morgan fingerprint density at radius 2 is 1.64 bits per heavy atom. The van der Waals surface area contributed by atoms with E-state index in [1.54, 1.807) is 35.7 Å². The molecule has 39 heavy (non-hydrogen) atoms. The molecule has 3 aliphatic rings. The number of nitrogens with zero attached hydrogens (tertiary/aromatic N) is 4. The van der Waals surface area contributed by atoms with Gasteiger partial charge in [-0.3, -0.25) is 4.79 Å². The van der Waals surface area contributed by atoms with Gasteiger partial charge in [-0.1, -0.05) is 24.6 Å². The average Bonchev–Trinajstić information content (AvgIpc) is 3.30. The molecule has 0 unspecified atom stereocenters. The third-order valence-corrected chi connectivity index (χ3v) is 10.7. The Morgan fingerprint density at radius 3 is 2.36 bits per heavy atom. The molecule has 0 spiro atoms. The number of aromatic nitrogens is 1. The van der Waals surface area contributed by atoms with Crippen molar-refractivity contribution in [2.24, 2.45) is 0 Å². The Balaban J connectivity index is 1.22. The summed E-state index contributed by atoms with van der Waals surface area (Å²) in [5.41, 5.74) is 3.09. The summed E-state index contributed by atoms with van der Waals surface area (Å²) in [6.07, 6.45) is 6.59. The van der Waals surface area contributed by atoms with Crippen molar-refractivity contribution < 1.29 is 17.9 Å². The van der Waals surface area contributed by atoms with Crippen molar-refractivity contribution >= 4 is 26.8 Å². The van der Waals surface area contributed by atoms with Crippen LogP contribution in [0.25, 0.3) is 10.9 Å². The maximum Gasteiger partial charge on any atom is 0.243 e. The summed E-state index contributed by atoms with van der Waals surface area (Å²) in [6.45, 7) is 4.86. The Labute approximate surface area is 231 Å². The lowest BCUT2D eigenvalue weighted by atomic mass is 10.00. The van der Waals surface area contributed by atoms with Gasteiger partial charge in [0.1, 0.15) is 12.3 Å². The molecule has 0 atom stereocenters. The first-order valence-electron chi connectivity index (χ1n) is 14.2. The molecule has 0 bridgehead atoms. The van der Waals surface area contributed by atoms with Crippen LogP contribution in [0.15, 0.2) is 53.4 Å². The third kappa shape index (κ3) is 5.08. The van der Waals surface area contributed by atoms with Crippen molar-refractivity contribution in [3.63, 3.8) is 0 Å². The van der Waals surface area contributed by atoms with Gasteiger partial charge in [0, 0.05) is 42.3 Å². The Morgan fingerprint density at radius 1 is 0.923 bits per heavy atom. The minimum absolute atomic E-state index is 0.116. The van der Waals surface area contributed by atoms with Gasteiger partial charge in [-0.15, -0.1) is 0 Å². The summed E-state index contributed by atoms with van der Waals surface area (Å²) in [5.74, 6) is 0.735. The summed E-state index contributed by atoms with van der Waals surface area (Å²) in [7, 11) is -2.12. The molecule has 4 heterocycles. The zero-order valence-corrected chi connectivity index (χ0v) is 23.5. The van der Waals surface area contributed by atoms with E-state index < -0.39 is 10.0 Å². The Hall–Kier alpha value is -2.88. The number of amides is 1. The minimum atomic E-state index is -3.69. The van der Waals surface area contributed by atoms with E-state index in [0.29, 0.717) is 24.8 Å². The highest BCUT2D eigenvalue weighted by Gasteiger charge is 2.33. The lowest BCUT2D eigenvalue weighted by Gasteiger charge is -2.40. The number of carbonyl (C=O) groups excluding carboxylic acids is 1. The standard InChI is InChI=1S/C30H38N4O4S/c1-38-24-9-11-25(12-10-24)39(36,37)33-20-15-27-26-7-3-4-8-28(26)34(29(27)21-33)22-30(35)32-18-13-23(14-19-32)31-16-5-2-6-17-31/h3-4,7-12,23H,2,5-6,13-22H2,1H3. The van der Waals surface area contributed by atoms with E-state index in [0.717, 1.165) is 48.1 Å². The quantitative estimate of drug-likeness (QED) is 0.466. The number of ether oxygens (including phenoxy) is 1. The lowest BCUT2D eigenvalue weighted by molar-refractivity contribution is -0.133. The lowest BCUT2D eigenvalue weighted by Crippen LogP contribution is -2.48. The molecular weight excluding hydrogens is 512 g/mol. The fraction of sp³-hybridized carbons (Fsp3) is 0.500. The first-order valence-corrected chi connectivity index (χ1v) is 15.6. The van der Waals surface area contributed by atoms with Crippen LogP contribution in [0.3, 0.4) is 0 Å². The molecule has 0 radical (unpaired) electrons. The minimum Gasteiger partial charge on any atom is -0.497 e. The molecule has 6 rings (SSSR count). The number of sulfonamides is 1. The summed E-state index contributed by atoms with van der Waals surface area (Å²) in [6, 6.07) is 15.3. The smallest absolute Gasteiger partial charge is 0.243 e. The predicted molar refractivity (Wildman–Crippen MR) is 151 cm³/mol. The molecule has 0 N–H and O–H groups in total. The van der Waals surface area contributed by atoms with E-state index in [9.17, 15) is 13.2 Å². The fourth-order valence-electron chi connectivity index (χ4n) is 6.65. The maximum atomic E-state index is 13.6. The largest absolute Gasteiger partial charge is 0.497 e. The number of para-hydroxylation sites is 1. The van der Waals surface area contributed by atoms with Crippen LogP contribution in [-0.4, -0.2) is 78.9 Å². The van der Waals surface area contributed by atoms with Crippen LogP contribution in [0, 0.1) is 0 Å². The molecule has 0 saturated carbocycles. The SMILES string of the molecule is COc1ccc(S(=O)(=O)N2CCc3c(n(CC(=O)N4CCC(N5CCCCC5)CC4)c4ccccc34)C2)cc1. The second kappa shape index (κ2) is 10.9. The number of fused-ring (bicyclic) bond motifs is 3. The second-order valence-corrected chi connectivity index (χ2v) is 12.9. The van der Waals surface area contributed by atoms with E-state index in [-0.39, 0.29) is 23.9 Å². The molecule has 3 aromatic rings. The van der Waals surface area contributed by atoms with E-state index in [2.05, 4.69) is 15.5 Å². The number of hydrogen-bond donors (Lipinski definition) is 0. The molecule has 2 aromatic carbocycles. The van der Waals surface area contributed by atoms with Gasteiger partial charge < -0.3 is 19.1 Å². The van der Waals surface area contributed by atoms with E-state index in [1.165, 1.54) is 32.4 Å². The zero-order chi connectivity index (χ0) is 27.0. The molecule has 8 nitrogen and oxygen atoms in total. The second-order valence-electron chi connectivity index (χ2n) is 11.0. The van der Waals surface area contributed by atoms with Crippen LogP contribution < -0.4 is 4.74 Å². The zero-order valence-electron chi connectivity index (χ0n) is 22.7. The van der Waals surface area contributed by atoms with Gasteiger partial charge in [-0.2, -0.15) is 4.31 Å². The first-order chi connectivity index (χ1) is 19.0. The van der Waals surface area contributed by atoms with Gasteiger partial charge in [0.15, 0.2) is 0 Å². The van der Waals surface area contributed by atoms with Crippen LogP contribution in [-0.2, 0) is 34.3 Å². The van der Waals surface area contributed by atoms with E-state index in [4.69, 9.17) is 4.74 Å². The normalized spacial score (nSPS) is 19.8. The molecule has 3 aliphatic heterocycles. The Bertz CT molecular complexity index is 1440. The van der Waals surface area contributed by atoms with Gasteiger partial charge in [0.05, 0.1) is 18.6 Å². The summed E-state index contributed by atoms with van der Waals surface area (Å²) < 4.78 is 35.9. The van der Waals surface area contributed by atoms with Gasteiger partial charge in [0.2, 0.25) is 15.9 Å². The molecular formula is C30H38N4O4S. The maximum absolute atomic E-state index is 13.6. The average molecular weight is 551 g/mol. The third-order valence-electron chi connectivity index (χ3n) is 8.85. The number of carbonyl (C=O) groups is 1. The van der Waals surface area contributed by atoms with Crippen molar-refractivity contribution in [3.8, 4) is 5.75 Å². The van der Waals surface area contributed by atoms with E-state index in [1.807, 2.05) is 23.1 Å². The summed E-state index contributed by atoms with van der Waals surface area (Å²) in [5, 5.41) is 1.12. The number of likely N-dealkylation sites (tertiary alicyclic amines) is 2. The molecule has 2 fully saturated rings. The van der Waals surface area contributed by atoms with Crippen LogP contribution in [0.2, 0.25) is 0 Å². The predicted octanol–water partition coefficient (Wildman–Crippen LogP) is 3.87. The number of piperidine rings is 2. The van der Waals surface area contributed by atoms with Crippen molar-refractivity contribution in [2.75, 3.05) is 39.8 Å². The molecule has 1 amide bonds. The highest BCUT2D eigenvalue weighted by molar-refractivity contribution is 7.89. The van der Waals surface area contributed by atoms with Crippen LogP contribution >= 0.6 is 0 Å². The highest BCUT2D eigenvalue weighted by atomic mass is 32.2. The Kier molecular flexibility index (Phi) is 7.39. The number of rotatable bonds is 6. The summed E-state index contributed by atoms with van der Waals surface area (Å²) in [4.78, 5) is 18.5. The topological polar surface area (TPSA) is 75.1 Å². The first kappa shape index (κ1) is 26.3. The van der Waals surface area contributed by atoms with Gasteiger partial charge in [-0.05, 0) is 81.1 Å². The van der Waals surface area contributed by atoms with Crippen molar-refractivity contribution in [1.82, 2.24) is 18.7 Å². The van der Waals surface area contributed by atoms with Gasteiger partial charge >= 0.3 is 0 Å². The van der Waals surface area contributed by atoms with Crippen molar-refractivity contribution in [2.45, 2.75) is 62.6 Å². The van der Waals surface area contributed by atoms with Gasteiger partial charge in [-0.25, -0.2) is 8.42 Å². The molecule has 0 aliphatic carbocycles. The van der Waals surface area contributed by atoms with Crippen LogP contribution in [0.5, 0.6) is 5.75 Å².